The number of halogens is 2. The predicted octanol–water partition coefficient (Wildman–Crippen LogP) is 7.23. The van der Waals surface area contributed by atoms with Gasteiger partial charge in [0.2, 0.25) is 11.8 Å². The third-order valence-corrected chi connectivity index (χ3v) is 8.67. The molecular weight excluding hydrogens is 535 g/mol. The number of aryl methyl sites for hydroxylation is 1. The fourth-order valence-corrected chi connectivity index (χ4v) is 6.19. The average Bonchev–Trinajstić information content (AvgIpc) is 3.42. The third kappa shape index (κ3) is 8.02. The number of benzene rings is 3. The molecule has 4 rings (SSSR count). The molecule has 0 unspecified atom stereocenters. The van der Waals surface area contributed by atoms with Gasteiger partial charge in [0, 0.05) is 40.4 Å². The van der Waals surface area contributed by atoms with Gasteiger partial charge in [-0.05, 0) is 43.0 Å². The maximum absolute atomic E-state index is 13.8. The van der Waals surface area contributed by atoms with Crippen LogP contribution in [0.4, 0.5) is 0 Å². The largest absolute Gasteiger partial charge is 0.352 e. The number of thioether (sulfide) groups is 1. The lowest BCUT2D eigenvalue weighted by atomic mass is 10.0. The van der Waals surface area contributed by atoms with Crippen LogP contribution in [0.25, 0.3) is 0 Å². The second-order valence-corrected chi connectivity index (χ2v) is 11.7. The lowest BCUT2D eigenvalue weighted by Crippen LogP contribution is -2.52. The van der Waals surface area contributed by atoms with E-state index >= 15 is 0 Å². The molecule has 0 heterocycles. The second kappa shape index (κ2) is 14.1. The van der Waals surface area contributed by atoms with Gasteiger partial charge in [0.25, 0.3) is 0 Å². The van der Waals surface area contributed by atoms with Gasteiger partial charge in [-0.1, -0.05) is 102 Å². The molecule has 2 amide bonds. The Bertz CT molecular complexity index is 1190. The van der Waals surface area contributed by atoms with Crippen LogP contribution >= 0.6 is 35.0 Å². The molecule has 1 aliphatic carbocycles. The Morgan fingerprint density at radius 2 is 1.58 bits per heavy atom. The zero-order valence-corrected chi connectivity index (χ0v) is 24.0. The SMILES string of the molecule is Cc1ccc(CSCC(=O)N(Cc2c(Cl)cccc2Cl)[C@@H](Cc2ccccc2)C(=O)NC2CCCC2)cc1. The Morgan fingerprint density at radius 1 is 0.921 bits per heavy atom. The van der Waals surface area contributed by atoms with Gasteiger partial charge in [-0.15, -0.1) is 11.8 Å². The molecular formula is C31H34Cl2N2O2S. The fourth-order valence-electron chi connectivity index (χ4n) is 4.80. The van der Waals surface area contributed by atoms with E-state index in [1.807, 2.05) is 30.3 Å². The van der Waals surface area contributed by atoms with E-state index in [-0.39, 0.29) is 30.2 Å². The highest BCUT2D eigenvalue weighted by Crippen LogP contribution is 2.28. The summed E-state index contributed by atoms with van der Waals surface area (Å²) in [6.45, 7) is 2.22. The van der Waals surface area contributed by atoms with Gasteiger partial charge in [-0.25, -0.2) is 0 Å². The van der Waals surface area contributed by atoms with Gasteiger partial charge < -0.3 is 10.2 Å². The van der Waals surface area contributed by atoms with E-state index in [0.717, 1.165) is 36.8 Å². The van der Waals surface area contributed by atoms with E-state index in [1.54, 1.807) is 34.9 Å². The van der Waals surface area contributed by atoms with Crippen LogP contribution in [0, 0.1) is 6.92 Å². The molecule has 3 aromatic carbocycles. The quantitative estimate of drug-likeness (QED) is 0.265. The van der Waals surface area contributed by atoms with E-state index in [4.69, 9.17) is 23.2 Å². The summed E-state index contributed by atoms with van der Waals surface area (Å²) in [7, 11) is 0. The molecule has 1 fully saturated rings. The number of rotatable bonds is 11. The van der Waals surface area contributed by atoms with Gasteiger partial charge in [-0.2, -0.15) is 0 Å². The zero-order chi connectivity index (χ0) is 26.9. The summed E-state index contributed by atoms with van der Waals surface area (Å²) in [6, 6.07) is 22.9. The average molecular weight is 570 g/mol. The molecule has 0 bridgehead atoms. The van der Waals surface area contributed by atoms with Crippen LogP contribution in [0.3, 0.4) is 0 Å². The number of carbonyl (C=O) groups is 2. The minimum atomic E-state index is -0.683. The van der Waals surface area contributed by atoms with Crippen LogP contribution in [-0.2, 0) is 28.3 Å². The number of carbonyl (C=O) groups excluding carboxylic acids is 2. The van der Waals surface area contributed by atoms with Crippen LogP contribution in [0.2, 0.25) is 10.0 Å². The Morgan fingerprint density at radius 3 is 2.24 bits per heavy atom. The molecule has 0 aliphatic heterocycles. The first-order valence-electron chi connectivity index (χ1n) is 13.1. The van der Waals surface area contributed by atoms with Crippen molar-refractivity contribution in [1.29, 1.82) is 0 Å². The Labute approximate surface area is 240 Å². The van der Waals surface area contributed by atoms with E-state index in [2.05, 4.69) is 36.5 Å². The molecule has 0 radical (unpaired) electrons. The smallest absolute Gasteiger partial charge is 0.243 e. The molecule has 0 saturated heterocycles. The minimum Gasteiger partial charge on any atom is -0.352 e. The van der Waals surface area contributed by atoms with Gasteiger partial charge >= 0.3 is 0 Å². The lowest BCUT2D eigenvalue weighted by Gasteiger charge is -2.33. The lowest BCUT2D eigenvalue weighted by molar-refractivity contribution is -0.139. The summed E-state index contributed by atoms with van der Waals surface area (Å²) in [6.07, 6.45) is 4.58. The van der Waals surface area contributed by atoms with Crippen molar-refractivity contribution in [2.45, 2.75) is 63.4 Å². The number of hydrogen-bond acceptors (Lipinski definition) is 3. The second-order valence-electron chi connectivity index (χ2n) is 9.90. The van der Waals surface area contributed by atoms with Gasteiger partial charge in [0.1, 0.15) is 6.04 Å². The molecule has 38 heavy (non-hydrogen) atoms. The van der Waals surface area contributed by atoms with Gasteiger partial charge in [0.15, 0.2) is 0 Å². The molecule has 200 valence electrons. The topological polar surface area (TPSA) is 49.4 Å². The first kappa shape index (κ1) is 28.5. The first-order valence-corrected chi connectivity index (χ1v) is 15.0. The molecule has 1 saturated carbocycles. The van der Waals surface area contributed by atoms with Crippen molar-refractivity contribution in [3.05, 3.63) is 105 Å². The van der Waals surface area contributed by atoms with E-state index in [1.165, 1.54) is 5.56 Å². The van der Waals surface area contributed by atoms with Crippen molar-refractivity contribution >= 4 is 46.8 Å². The highest BCUT2D eigenvalue weighted by atomic mass is 35.5. The highest BCUT2D eigenvalue weighted by molar-refractivity contribution is 7.99. The Hall–Kier alpha value is -2.47. The zero-order valence-electron chi connectivity index (χ0n) is 21.7. The van der Waals surface area contributed by atoms with Crippen LogP contribution < -0.4 is 5.32 Å². The highest BCUT2D eigenvalue weighted by Gasteiger charge is 2.32. The summed E-state index contributed by atoms with van der Waals surface area (Å²) in [5.74, 6) is 0.726. The summed E-state index contributed by atoms with van der Waals surface area (Å²) >= 11 is 14.6. The molecule has 3 aromatic rings. The van der Waals surface area contributed by atoms with Crippen molar-refractivity contribution in [3.8, 4) is 0 Å². The van der Waals surface area contributed by atoms with Gasteiger partial charge in [-0.3, -0.25) is 9.59 Å². The molecule has 7 heteroatoms. The normalized spacial score (nSPS) is 14.3. The van der Waals surface area contributed by atoms with Crippen molar-refractivity contribution in [1.82, 2.24) is 10.2 Å². The number of nitrogens with one attached hydrogen (secondary N) is 1. The predicted molar refractivity (Wildman–Crippen MR) is 159 cm³/mol. The van der Waals surface area contributed by atoms with Crippen molar-refractivity contribution < 1.29 is 9.59 Å². The molecule has 4 nitrogen and oxygen atoms in total. The van der Waals surface area contributed by atoms with Crippen LogP contribution in [0.1, 0.15) is 47.9 Å². The van der Waals surface area contributed by atoms with E-state index < -0.39 is 6.04 Å². The van der Waals surface area contributed by atoms with Crippen LogP contribution in [0.15, 0.2) is 72.8 Å². The number of amides is 2. The molecule has 0 spiro atoms. The maximum Gasteiger partial charge on any atom is 0.243 e. The summed E-state index contributed by atoms with van der Waals surface area (Å²) in [5.41, 5.74) is 4.01. The summed E-state index contributed by atoms with van der Waals surface area (Å²) < 4.78 is 0. The minimum absolute atomic E-state index is 0.111. The standard InChI is InChI=1S/C31H34Cl2N2O2S/c1-22-14-16-24(17-15-22)20-38-21-30(36)35(19-26-27(32)12-7-13-28(26)33)29(18-23-8-3-2-4-9-23)31(37)34-25-10-5-6-11-25/h2-4,7-9,12-17,25,29H,5-6,10-11,18-21H2,1H3,(H,34,37)/t29-/m0/s1. The monoisotopic (exact) mass is 568 g/mol. The van der Waals surface area contributed by atoms with E-state index in [9.17, 15) is 9.59 Å². The molecule has 0 aromatic heterocycles. The van der Waals surface area contributed by atoms with Crippen LogP contribution in [0.5, 0.6) is 0 Å². The Balaban J connectivity index is 1.59. The number of nitrogens with zero attached hydrogens (tertiary/aromatic N) is 1. The van der Waals surface area contributed by atoms with E-state index in [0.29, 0.717) is 27.8 Å². The van der Waals surface area contributed by atoms with Gasteiger partial charge in [0.05, 0.1) is 5.75 Å². The summed E-state index contributed by atoms with van der Waals surface area (Å²) in [4.78, 5) is 29.3. The molecule has 1 N–H and O–H groups in total. The maximum atomic E-state index is 13.8. The summed E-state index contributed by atoms with van der Waals surface area (Å²) in [5, 5.41) is 4.20. The van der Waals surface area contributed by atoms with Crippen molar-refractivity contribution in [2.24, 2.45) is 0 Å². The fraction of sp³-hybridized carbons (Fsp3) is 0.355. The third-order valence-electron chi connectivity index (χ3n) is 6.98. The first-order chi connectivity index (χ1) is 18.4. The van der Waals surface area contributed by atoms with Crippen molar-refractivity contribution in [3.63, 3.8) is 0 Å². The number of hydrogen-bond donors (Lipinski definition) is 1. The Kier molecular flexibility index (Phi) is 10.6. The van der Waals surface area contributed by atoms with Crippen LogP contribution in [-0.4, -0.2) is 34.6 Å². The molecule has 1 aliphatic rings. The van der Waals surface area contributed by atoms with Crippen molar-refractivity contribution in [2.75, 3.05) is 5.75 Å². The molecule has 1 atom stereocenters.